The lowest BCUT2D eigenvalue weighted by atomic mass is 10.3. The summed E-state index contributed by atoms with van der Waals surface area (Å²) >= 11 is 1.60. The molecule has 3 nitrogen and oxygen atoms in total. The van der Waals surface area contributed by atoms with E-state index in [4.69, 9.17) is 0 Å². The molecule has 0 aromatic heterocycles. The van der Waals surface area contributed by atoms with Gasteiger partial charge in [0.15, 0.2) is 0 Å². The van der Waals surface area contributed by atoms with Gasteiger partial charge in [-0.2, -0.15) is 0 Å². The molecular weight excluding hydrogens is 350 g/mol. The van der Waals surface area contributed by atoms with Crippen molar-refractivity contribution in [1.82, 2.24) is 0 Å². The van der Waals surface area contributed by atoms with Crippen LogP contribution < -0.4 is 5.32 Å². The van der Waals surface area contributed by atoms with Crippen LogP contribution in [0.2, 0.25) is 0 Å². The van der Waals surface area contributed by atoms with Crippen LogP contribution in [0.4, 0.5) is 5.69 Å². The third-order valence-corrected chi connectivity index (χ3v) is 6.08. The molecule has 25 heavy (non-hydrogen) atoms. The number of hydrogen-bond acceptors (Lipinski definition) is 3. The highest BCUT2D eigenvalue weighted by atomic mass is 32.2. The third kappa shape index (κ3) is 4.59. The molecule has 0 saturated carbocycles. The number of anilines is 1. The summed E-state index contributed by atoms with van der Waals surface area (Å²) < 4.78 is 13.0. The zero-order valence-corrected chi connectivity index (χ0v) is 15.3. The molecule has 0 fully saturated rings. The van der Waals surface area contributed by atoms with Crippen molar-refractivity contribution in [3.05, 3.63) is 78.9 Å². The zero-order chi connectivity index (χ0) is 17.6. The van der Waals surface area contributed by atoms with E-state index in [9.17, 15) is 9.00 Å². The van der Waals surface area contributed by atoms with Crippen LogP contribution in [-0.2, 0) is 15.6 Å². The first-order valence-electron chi connectivity index (χ1n) is 7.75. The van der Waals surface area contributed by atoms with E-state index in [0.717, 1.165) is 14.7 Å². The van der Waals surface area contributed by atoms with Gasteiger partial charge in [-0.25, -0.2) is 4.21 Å². The van der Waals surface area contributed by atoms with E-state index in [2.05, 4.69) is 5.32 Å². The Morgan fingerprint density at radius 2 is 1.52 bits per heavy atom. The van der Waals surface area contributed by atoms with Gasteiger partial charge in [-0.05, 0) is 48.5 Å². The summed E-state index contributed by atoms with van der Waals surface area (Å²) in [7, 11) is -1.29. The molecule has 1 unspecified atom stereocenters. The van der Waals surface area contributed by atoms with Gasteiger partial charge in [0.1, 0.15) is 0 Å². The van der Waals surface area contributed by atoms with Crippen molar-refractivity contribution in [2.45, 2.75) is 26.5 Å². The van der Waals surface area contributed by atoms with Gasteiger partial charge in [-0.3, -0.25) is 4.79 Å². The van der Waals surface area contributed by atoms with Crippen molar-refractivity contribution in [1.29, 1.82) is 0 Å². The van der Waals surface area contributed by atoms with E-state index < -0.39 is 10.8 Å². The molecule has 0 heterocycles. The number of rotatable bonds is 5. The highest BCUT2D eigenvalue weighted by Gasteiger charge is 2.13. The van der Waals surface area contributed by atoms with Crippen LogP contribution in [0.15, 0.2) is 98.4 Å². The number of carbonyl (C=O) groups is 1. The topological polar surface area (TPSA) is 46.2 Å². The second-order valence-corrected chi connectivity index (χ2v) is 7.90. The van der Waals surface area contributed by atoms with Gasteiger partial charge < -0.3 is 5.32 Å². The van der Waals surface area contributed by atoms with Crippen molar-refractivity contribution in [2.75, 3.05) is 5.32 Å². The first-order chi connectivity index (χ1) is 12.1. The minimum absolute atomic E-state index is 0.126. The van der Waals surface area contributed by atoms with Crippen molar-refractivity contribution in [3.8, 4) is 0 Å². The highest BCUT2D eigenvalue weighted by Crippen LogP contribution is 2.33. The van der Waals surface area contributed by atoms with Crippen LogP contribution in [0, 0.1) is 0 Å². The highest BCUT2D eigenvalue weighted by molar-refractivity contribution is 8.00. The second-order valence-electron chi connectivity index (χ2n) is 5.34. The van der Waals surface area contributed by atoms with Crippen molar-refractivity contribution >= 4 is 34.2 Å². The molecular formula is C20H17NO2S2. The Morgan fingerprint density at radius 3 is 2.20 bits per heavy atom. The van der Waals surface area contributed by atoms with Gasteiger partial charge in [-0.1, -0.05) is 42.1 Å². The summed E-state index contributed by atoms with van der Waals surface area (Å²) in [5.41, 5.74) is 0.695. The number of carbonyl (C=O) groups excluding carboxylic acids is 1. The zero-order valence-electron chi connectivity index (χ0n) is 13.6. The summed E-state index contributed by atoms with van der Waals surface area (Å²) in [5.74, 6) is -0.126. The Balaban J connectivity index is 1.86. The molecule has 0 aliphatic carbocycles. The molecule has 1 amide bonds. The van der Waals surface area contributed by atoms with Gasteiger partial charge >= 0.3 is 0 Å². The standard InChI is InChI=1S/C20H17NO2S2/c1-15(22)21-16-11-13-18(14-12-16)25(23)20-10-6-5-9-19(20)24-17-7-3-2-4-8-17/h2-14H,1H3,(H,21,22). The van der Waals surface area contributed by atoms with E-state index in [0.29, 0.717) is 10.6 Å². The van der Waals surface area contributed by atoms with Gasteiger partial charge in [0, 0.05) is 27.3 Å². The SMILES string of the molecule is CC(=O)Nc1ccc(S(=O)c2ccccc2Sc2ccccc2)cc1. The lowest BCUT2D eigenvalue weighted by Gasteiger charge is -2.10. The van der Waals surface area contributed by atoms with E-state index >= 15 is 0 Å². The van der Waals surface area contributed by atoms with Gasteiger partial charge in [-0.15, -0.1) is 0 Å². The van der Waals surface area contributed by atoms with Gasteiger partial charge in [0.25, 0.3) is 0 Å². The fourth-order valence-corrected chi connectivity index (χ4v) is 4.60. The second kappa shape index (κ2) is 8.14. The minimum Gasteiger partial charge on any atom is -0.326 e. The van der Waals surface area contributed by atoms with Crippen LogP contribution >= 0.6 is 11.8 Å². The maximum absolute atomic E-state index is 13.0. The number of benzene rings is 3. The molecule has 126 valence electrons. The molecule has 3 aromatic carbocycles. The maximum Gasteiger partial charge on any atom is 0.221 e. The van der Waals surface area contributed by atoms with Crippen molar-refractivity contribution < 1.29 is 9.00 Å². The van der Waals surface area contributed by atoms with Crippen LogP contribution in [0.1, 0.15) is 6.92 Å². The molecule has 1 N–H and O–H groups in total. The molecule has 0 saturated heterocycles. The average molecular weight is 367 g/mol. The normalized spacial score (nSPS) is 11.7. The monoisotopic (exact) mass is 367 g/mol. The van der Waals surface area contributed by atoms with Gasteiger partial charge in [0.2, 0.25) is 5.91 Å². The van der Waals surface area contributed by atoms with Crippen LogP contribution in [0.25, 0.3) is 0 Å². The third-order valence-electron chi connectivity index (χ3n) is 3.41. The first-order valence-corrected chi connectivity index (χ1v) is 9.71. The Labute approximate surface area is 153 Å². The molecule has 3 aromatic rings. The molecule has 5 heteroatoms. The summed E-state index contributed by atoms with van der Waals surface area (Å²) in [6, 6.07) is 24.8. The van der Waals surface area contributed by atoms with Crippen LogP contribution in [-0.4, -0.2) is 10.1 Å². The summed E-state index contributed by atoms with van der Waals surface area (Å²) in [6.07, 6.45) is 0. The Morgan fingerprint density at radius 1 is 0.880 bits per heavy atom. The van der Waals surface area contributed by atoms with Crippen LogP contribution in [0.3, 0.4) is 0 Å². The smallest absolute Gasteiger partial charge is 0.221 e. The quantitative estimate of drug-likeness (QED) is 0.693. The largest absolute Gasteiger partial charge is 0.326 e. The number of hydrogen-bond donors (Lipinski definition) is 1. The Kier molecular flexibility index (Phi) is 5.68. The lowest BCUT2D eigenvalue weighted by molar-refractivity contribution is -0.114. The van der Waals surface area contributed by atoms with Crippen molar-refractivity contribution in [2.24, 2.45) is 0 Å². The number of nitrogens with one attached hydrogen (secondary N) is 1. The fourth-order valence-electron chi connectivity index (χ4n) is 2.30. The minimum atomic E-state index is -1.29. The predicted molar refractivity (Wildman–Crippen MR) is 102 cm³/mol. The predicted octanol–water partition coefficient (Wildman–Crippen LogP) is 4.96. The Hall–Kier alpha value is -2.37. The molecule has 3 rings (SSSR count). The molecule has 0 aliphatic rings. The molecule has 0 radical (unpaired) electrons. The molecule has 1 atom stereocenters. The maximum atomic E-state index is 13.0. The van der Waals surface area contributed by atoms with E-state index in [1.165, 1.54) is 6.92 Å². The molecule has 0 aliphatic heterocycles. The summed E-state index contributed by atoms with van der Waals surface area (Å²) in [6.45, 7) is 1.46. The number of amides is 1. The van der Waals surface area contributed by atoms with E-state index in [1.54, 1.807) is 36.0 Å². The van der Waals surface area contributed by atoms with E-state index in [-0.39, 0.29) is 5.91 Å². The van der Waals surface area contributed by atoms with Crippen molar-refractivity contribution in [3.63, 3.8) is 0 Å². The molecule has 0 bridgehead atoms. The average Bonchev–Trinajstić information content (AvgIpc) is 2.63. The summed E-state index contributed by atoms with van der Waals surface area (Å²) in [4.78, 5) is 14.7. The van der Waals surface area contributed by atoms with Crippen LogP contribution in [0.5, 0.6) is 0 Å². The van der Waals surface area contributed by atoms with E-state index in [1.807, 2.05) is 54.6 Å². The first kappa shape index (κ1) is 17.5. The lowest BCUT2D eigenvalue weighted by Crippen LogP contribution is -2.05. The summed E-state index contributed by atoms with van der Waals surface area (Å²) in [5, 5.41) is 2.71. The fraction of sp³-hybridized carbons (Fsp3) is 0.0500. The molecule has 0 spiro atoms. The Bertz CT molecular complexity index is 893. The van der Waals surface area contributed by atoms with Gasteiger partial charge in [0.05, 0.1) is 15.7 Å².